The van der Waals surface area contributed by atoms with Crippen LogP contribution >= 0.6 is 35.0 Å². The molecule has 0 spiro atoms. The van der Waals surface area contributed by atoms with Gasteiger partial charge < -0.3 is 18.8 Å². The number of hydrogen-bond donors (Lipinski definition) is 0. The summed E-state index contributed by atoms with van der Waals surface area (Å²) in [6.45, 7) is 4.02. The van der Waals surface area contributed by atoms with E-state index in [1.165, 1.54) is 6.33 Å². The van der Waals surface area contributed by atoms with Gasteiger partial charge in [0.15, 0.2) is 5.16 Å². The summed E-state index contributed by atoms with van der Waals surface area (Å²) in [7, 11) is 0. The highest BCUT2D eigenvalue weighted by Crippen LogP contribution is 2.40. The van der Waals surface area contributed by atoms with Gasteiger partial charge in [0.2, 0.25) is 5.79 Å². The maximum absolute atomic E-state index is 6.54. The van der Waals surface area contributed by atoms with E-state index in [1.807, 2.05) is 30.7 Å². The average Bonchev–Trinajstić information content (AvgIpc) is 3.65. The molecule has 4 aromatic rings. The summed E-state index contributed by atoms with van der Waals surface area (Å²) in [6.07, 6.45) is 7.78. The fourth-order valence-corrected chi connectivity index (χ4v) is 5.51. The Morgan fingerprint density at radius 2 is 2.03 bits per heavy atom. The SMILES string of the molecule is CCCn1c(-c2ccc(OCC3COC(Cn4cncn4)(c4ccc(Cl)cc4Cl)O3)cc2)cnc1SC. The van der Waals surface area contributed by atoms with E-state index in [4.69, 9.17) is 37.4 Å². The summed E-state index contributed by atoms with van der Waals surface area (Å²) in [5.41, 5.74) is 2.87. The zero-order valence-corrected chi connectivity index (χ0v) is 22.8. The maximum Gasteiger partial charge on any atom is 0.217 e. The number of rotatable bonds is 10. The minimum atomic E-state index is -1.14. The number of thioether (sulfide) groups is 1. The van der Waals surface area contributed by atoms with E-state index < -0.39 is 5.79 Å². The van der Waals surface area contributed by atoms with Crippen molar-refractivity contribution in [2.75, 3.05) is 19.5 Å². The molecular weight excluding hydrogens is 533 g/mol. The van der Waals surface area contributed by atoms with Gasteiger partial charge in [0.1, 0.15) is 37.7 Å². The minimum Gasteiger partial charge on any atom is -0.491 e. The van der Waals surface area contributed by atoms with Crippen LogP contribution in [0, 0.1) is 0 Å². The van der Waals surface area contributed by atoms with E-state index in [-0.39, 0.29) is 12.6 Å². The topological polar surface area (TPSA) is 76.2 Å². The highest BCUT2D eigenvalue weighted by molar-refractivity contribution is 7.98. The van der Waals surface area contributed by atoms with Crippen LogP contribution in [0.3, 0.4) is 0 Å². The lowest BCUT2D eigenvalue weighted by molar-refractivity contribution is -0.190. The fraction of sp³-hybridized carbons (Fsp3) is 0.346. The molecule has 2 aromatic carbocycles. The molecule has 2 atom stereocenters. The lowest BCUT2D eigenvalue weighted by atomic mass is 10.1. The molecule has 0 bridgehead atoms. The number of imidazole rings is 1. The van der Waals surface area contributed by atoms with E-state index in [1.54, 1.807) is 34.9 Å². The van der Waals surface area contributed by atoms with Crippen molar-refractivity contribution < 1.29 is 14.2 Å². The number of nitrogens with zero attached hydrogens (tertiary/aromatic N) is 5. The summed E-state index contributed by atoms with van der Waals surface area (Å²) < 4.78 is 22.6. The van der Waals surface area contributed by atoms with Crippen molar-refractivity contribution in [3.05, 3.63) is 76.9 Å². The van der Waals surface area contributed by atoms with Crippen LogP contribution in [-0.2, 0) is 28.4 Å². The molecule has 2 unspecified atom stereocenters. The van der Waals surface area contributed by atoms with Crippen molar-refractivity contribution in [3.63, 3.8) is 0 Å². The number of halogens is 2. The van der Waals surface area contributed by atoms with Gasteiger partial charge in [-0.2, -0.15) is 5.10 Å². The zero-order valence-electron chi connectivity index (χ0n) is 20.5. The lowest BCUT2D eigenvalue weighted by Gasteiger charge is -2.29. The molecule has 1 aliphatic heterocycles. The van der Waals surface area contributed by atoms with E-state index >= 15 is 0 Å². The van der Waals surface area contributed by atoms with Crippen molar-refractivity contribution in [1.29, 1.82) is 0 Å². The Hall–Kier alpha value is -2.56. The molecule has 8 nitrogen and oxygen atoms in total. The van der Waals surface area contributed by atoms with Crippen molar-refractivity contribution in [3.8, 4) is 17.0 Å². The monoisotopic (exact) mass is 559 g/mol. The minimum absolute atomic E-state index is 0.281. The number of aromatic nitrogens is 5. The Morgan fingerprint density at radius 3 is 2.73 bits per heavy atom. The first-order valence-electron chi connectivity index (χ1n) is 11.9. The van der Waals surface area contributed by atoms with Gasteiger partial charge in [-0.1, -0.05) is 48.0 Å². The van der Waals surface area contributed by atoms with Gasteiger partial charge >= 0.3 is 0 Å². The van der Waals surface area contributed by atoms with Crippen LogP contribution in [0.2, 0.25) is 10.0 Å². The van der Waals surface area contributed by atoms with Gasteiger partial charge in [0.05, 0.1) is 23.5 Å². The Morgan fingerprint density at radius 1 is 1.19 bits per heavy atom. The smallest absolute Gasteiger partial charge is 0.217 e. The van der Waals surface area contributed by atoms with Gasteiger partial charge in [-0.05, 0) is 49.1 Å². The number of benzene rings is 2. The molecule has 1 saturated heterocycles. The van der Waals surface area contributed by atoms with Crippen LogP contribution < -0.4 is 4.74 Å². The van der Waals surface area contributed by atoms with Gasteiger partial charge in [0.25, 0.3) is 0 Å². The molecule has 1 aliphatic rings. The fourth-order valence-electron chi connectivity index (χ4n) is 4.39. The molecule has 5 rings (SSSR count). The molecule has 194 valence electrons. The molecular formula is C26H27Cl2N5O3S. The molecule has 0 amide bonds. The van der Waals surface area contributed by atoms with Crippen molar-refractivity contribution in [2.45, 2.75) is 43.5 Å². The summed E-state index contributed by atoms with van der Waals surface area (Å²) >= 11 is 14.3. The molecule has 37 heavy (non-hydrogen) atoms. The molecule has 1 fully saturated rings. The van der Waals surface area contributed by atoms with E-state index in [9.17, 15) is 0 Å². The quantitative estimate of drug-likeness (QED) is 0.223. The van der Waals surface area contributed by atoms with Crippen LogP contribution in [0.25, 0.3) is 11.3 Å². The van der Waals surface area contributed by atoms with Crippen LogP contribution in [0.15, 0.2) is 66.5 Å². The molecule has 3 heterocycles. The van der Waals surface area contributed by atoms with E-state index in [0.717, 1.165) is 35.1 Å². The summed E-state index contributed by atoms with van der Waals surface area (Å²) in [4.78, 5) is 8.58. The standard InChI is InChI=1S/C26H27Cl2N5O3S/c1-3-10-33-24(12-30-25(33)37-2)18-4-7-20(8-5-18)34-13-21-14-35-26(36-21,15-32-17-29-16-31-32)22-9-6-19(27)11-23(22)28/h4-9,11-12,16-17,21H,3,10,13-15H2,1-2H3. The van der Waals surface area contributed by atoms with E-state index in [2.05, 4.69) is 38.7 Å². The molecule has 0 N–H and O–H groups in total. The predicted molar refractivity (Wildman–Crippen MR) is 144 cm³/mol. The third kappa shape index (κ3) is 5.66. The molecule has 2 aromatic heterocycles. The first kappa shape index (κ1) is 26.1. The molecule has 0 aliphatic carbocycles. The van der Waals surface area contributed by atoms with Crippen molar-refractivity contribution >= 4 is 35.0 Å². The van der Waals surface area contributed by atoms with Gasteiger partial charge in [-0.15, -0.1) is 0 Å². The van der Waals surface area contributed by atoms with Crippen LogP contribution in [-0.4, -0.2) is 49.9 Å². The second-order valence-electron chi connectivity index (χ2n) is 8.64. The Bertz CT molecular complexity index is 1330. The normalized spacial score (nSPS) is 19.4. The predicted octanol–water partition coefficient (Wildman–Crippen LogP) is 5.93. The average molecular weight is 561 g/mol. The maximum atomic E-state index is 6.54. The van der Waals surface area contributed by atoms with Crippen LogP contribution in [0.1, 0.15) is 18.9 Å². The van der Waals surface area contributed by atoms with Gasteiger partial charge in [-0.3, -0.25) is 0 Å². The van der Waals surface area contributed by atoms with Crippen molar-refractivity contribution in [2.24, 2.45) is 0 Å². The second kappa shape index (κ2) is 11.4. The lowest BCUT2D eigenvalue weighted by Crippen LogP contribution is -2.35. The third-order valence-electron chi connectivity index (χ3n) is 6.07. The second-order valence-corrected chi connectivity index (χ2v) is 10.3. The van der Waals surface area contributed by atoms with Crippen molar-refractivity contribution in [1.82, 2.24) is 24.3 Å². The first-order valence-corrected chi connectivity index (χ1v) is 13.9. The summed E-state index contributed by atoms with van der Waals surface area (Å²) in [6, 6.07) is 13.3. The molecule has 11 heteroatoms. The number of hydrogen-bond acceptors (Lipinski definition) is 7. The first-order chi connectivity index (χ1) is 18.0. The van der Waals surface area contributed by atoms with E-state index in [0.29, 0.717) is 28.8 Å². The van der Waals surface area contributed by atoms with Gasteiger partial charge in [0, 0.05) is 22.7 Å². The third-order valence-corrected chi connectivity index (χ3v) is 7.31. The molecule has 0 radical (unpaired) electrons. The van der Waals surface area contributed by atoms with Gasteiger partial charge in [-0.25, -0.2) is 14.6 Å². The highest BCUT2D eigenvalue weighted by atomic mass is 35.5. The number of ether oxygens (including phenoxy) is 3. The Balaban J connectivity index is 1.28. The van der Waals surface area contributed by atoms with Crippen LogP contribution in [0.5, 0.6) is 5.75 Å². The summed E-state index contributed by atoms with van der Waals surface area (Å²) in [5.74, 6) is -0.391. The van der Waals surface area contributed by atoms with Crippen LogP contribution in [0.4, 0.5) is 0 Å². The Labute approximate surface area is 229 Å². The molecule has 0 saturated carbocycles. The summed E-state index contributed by atoms with van der Waals surface area (Å²) in [5, 5.41) is 6.22. The highest BCUT2D eigenvalue weighted by Gasteiger charge is 2.45. The Kier molecular flexibility index (Phi) is 8.07. The largest absolute Gasteiger partial charge is 0.491 e. The zero-order chi connectivity index (χ0) is 25.8.